The quantitative estimate of drug-likeness (QED) is 0.853. The zero-order valence-corrected chi connectivity index (χ0v) is 10.7. The van der Waals surface area contributed by atoms with Gasteiger partial charge in [-0.3, -0.25) is 14.3 Å². The molecule has 5 nitrogen and oxygen atoms in total. The van der Waals surface area contributed by atoms with Crippen LogP contribution in [-0.2, 0) is 15.6 Å². The Kier molecular flexibility index (Phi) is 4.96. The maximum atomic E-state index is 13.0. The van der Waals surface area contributed by atoms with Crippen molar-refractivity contribution >= 4 is 22.7 Å². The first-order chi connectivity index (χ1) is 8.45. The molecular weight excluding hydrogens is 259 g/mol. The molecule has 0 saturated heterocycles. The van der Waals surface area contributed by atoms with Crippen molar-refractivity contribution in [2.45, 2.75) is 17.1 Å². The zero-order valence-electron chi connectivity index (χ0n) is 9.90. The summed E-state index contributed by atoms with van der Waals surface area (Å²) in [5.41, 5.74) is 0. The molecule has 1 rings (SSSR count). The van der Waals surface area contributed by atoms with Crippen molar-refractivity contribution in [1.82, 2.24) is 10.6 Å². The SMILES string of the molecule is CNC(=O)NC(=O)C(C)S(=O)c1cccc(F)c1. The van der Waals surface area contributed by atoms with Crippen LogP contribution >= 0.6 is 0 Å². The molecule has 98 valence electrons. The van der Waals surface area contributed by atoms with Gasteiger partial charge in [-0.1, -0.05) is 6.07 Å². The van der Waals surface area contributed by atoms with Crippen LogP contribution in [-0.4, -0.2) is 28.4 Å². The molecule has 2 atom stereocenters. The molecule has 0 saturated carbocycles. The average Bonchev–Trinajstić information content (AvgIpc) is 2.36. The van der Waals surface area contributed by atoms with Gasteiger partial charge in [0.15, 0.2) is 0 Å². The highest BCUT2D eigenvalue weighted by atomic mass is 32.2. The van der Waals surface area contributed by atoms with Gasteiger partial charge >= 0.3 is 6.03 Å². The van der Waals surface area contributed by atoms with Crippen LogP contribution in [0.25, 0.3) is 0 Å². The minimum atomic E-state index is -1.72. The van der Waals surface area contributed by atoms with Gasteiger partial charge in [-0.2, -0.15) is 0 Å². The van der Waals surface area contributed by atoms with Gasteiger partial charge in [-0.15, -0.1) is 0 Å². The van der Waals surface area contributed by atoms with Gasteiger partial charge in [0.25, 0.3) is 0 Å². The van der Waals surface area contributed by atoms with Crippen LogP contribution in [0.3, 0.4) is 0 Å². The number of carbonyl (C=O) groups is 2. The molecule has 7 heteroatoms. The van der Waals surface area contributed by atoms with Crippen LogP contribution in [0.2, 0.25) is 0 Å². The minimum Gasteiger partial charge on any atom is -0.341 e. The summed E-state index contributed by atoms with van der Waals surface area (Å²) in [6, 6.07) is 4.51. The Morgan fingerprint density at radius 1 is 1.39 bits per heavy atom. The lowest BCUT2D eigenvalue weighted by Crippen LogP contribution is -2.43. The van der Waals surface area contributed by atoms with E-state index in [2.05, 4.69) is 5.32 Å². The fraction of sp³-hybridized carbons (Fsp3) is 0.273. The Bertz CT molecular complexity index is 493. The molecule has 0 bridgehead atoms. The predicted octanol–water partition coefficient (Wildman–Crippen LogP) is 0.777. The number of amides is 3. The van der Waals surface area contributed by atoms with Crippen LogP contribution in [0.4, 0.5) is 9.18 Å². The largest absolute Gasteiger partial charge is 0.341 e. The van der Waals surface area contributed by atoms with Gasteiger partial charge in [0.2, 0.25) is 5.91 Å². The molecule has 18 heavy (non-hydrogen) atoms. The third-order valence-corrected chi connectivity index (χ3v) is 3.76. The highest BCUT2D eigenvalue weighted by Gasteiger charge is 2.23. The lowest BCUT2D eigenvalue weighted by molar-refractivity contribution is -0.119. The van der Waals surface area contributed by atoms with Crippen molar-refractivity contribution in [2.75, 3.05) is 7.05 Å². The maximum Gasteiger partial charge on any atom is 0.321 e. The predicted molar refractivity (Wildman–Crippen MR) is 64.9 cm³/mol. The molecule has 0 heterocycles. The number of benzene rings is 1. The van der Waals surface area contributed by atoms with E-state index < -0.39 is 33.8 Å². The van der Waals surface area contributed by atoms with Crippen molar-refractivity contribution in [2.24, 2.45) is 0 Å². The normalized spacial score (nSPS) is 13.5. The molecule has 0 aliphatic heterocycles. The van der Waals surface area contributed by atoms with Crippen molar-refractivity contribution in [3.05, 3.63) is 30.1 Å². The summed E-state index contributed by atoms with van der Waals surface area (Å²) in [5.74, 6) is -1.21. The molecule has 1 aromatic carbocycles. The third-order valence-electron chi connectivity index (χ3n) is 2.18. The Labute approximate surface area is 106 Å². The van der Waals surface area contributed by atoms with Crippen LogP contribution in [0.5, 0.6) is 0 Å². The van der Waals surface area contributed by atoms with Crippen LogP contribution < -0.4 is 10.6 Å². The molecule has 1 aromatic rings. The van der Waals surface area contributed by atoms with E-state index in [1.165, 1.54) is 32.2 Å². The zero-order chi connectivity index (χ0) is 13.7. The Hall–Kier alpha value is -1.76. The van der Waals surface area contributed by atoms with Gasteiger partial charge in [0.05, 0.1) is 10.8 Å². The average molecular weight is 272 g/mol. The molecule has 3 amide bonds. The number of nitrogens with one attached hydrogen (secondary N) is 2. The Morgan fingerprint density at radius 3 is 2.61 bits per heavy atom. The van der Waals surface area contributed by atoms with E-state index in [-0.39, 0.29) is 4.90 Å². The highest BCUT2D eigenvalue weighted by Crippen LogP contribution is 2.12. The van der Waals surface area contributed by atoms with E-state index >= 15 is 0 Å². The summed E-state index contributed by atoms with van der Waals surface area (Å²) in [6.07, 6.45) is 0. The summed E-state index contributed by atoms with van der Waals surface area (Å²) >= 11 is 0. The number of hydrogen-bond donors (Lipinski definition) is 2. The smallest absolute Gasteiger partial charge is 0.321 e. The molecule has 0 aromatic heterocycles. The van der Waals surface area contributed by atoms with E-state index in [1.807, 2.05) is 5.32 Å². The third kappa shape index (κ3) is 3.63. The second-order valence-electron chi connectivity index (χ2n) is 3.47. The van der Waals surface area contributed by atoms with Crippen molar-refractivity contribution < 1.29 is 18.2 Å². The van der Waals surface area contributed by atoms with Gasteiger partial charge in [0, 0.05) is 11.9 Å². The monoisotopic (exact) mass is 272 g/mol. The number of rotatable bonds is 3. The van der Waals surface area contributed by atoms with E-state index in [1.54, 1.807) is 0 Å². The molecule has 0 aliphatic carbocycles. The van der Waals surface area contributed by atoms with Crippen LogP contribution in [0.15, 0.2) is 29.2 Å². The first kappa shape index (κ1) is 14.3. The van der Waals surface area contributed by atoms with Crippen LogP contribution in [0.1, 0.15) is 6.92 Å². The van der Waals surface area contributed by atoms with Gasteiger partial charge < -0.3 is 5.32 Å². The fourth-order valence-electron chi connectivity index (χ4n) is 1.17. The molecule has 0 radical (unpaired) electrons. The van der Waals surface area contributed by atoms with E-state index in [9.17, 15) is 18.2 Å². The number of urea groups is 1. The lowest BCUT2D eigenvalue weighted by Gasteiger charge is -2.11. The molecular formula is C11H13FN2O3S. The number of carbonyl (C=O) groups excluding carboxylic acids is 2. The van der Waals surface area contributed by atoms with Crippen molar-refractivity contribution in [1.29, 1.82) is 0 Å². The maximum absolute atomic E-state index is 13.0. The summed E-state index contributed by atoms with van der Waals surface area (Å²) in [7, 11) is -0.361. The van der Waals surface area contributed by atoms with Crippen molar-refractivity contribution in [3.8, 4) is 0 Å². The van der Waals surface area contributed by atoms with Gasteiger partial charge in [0.1, 0.15) is 11.1 Å². The Morgan fingerprint density at radius 2 is 2.06 bits per heavy atom. The number of hydrogen-bond acceptors (Lipinski definition) is 3. The van der Waals surface area contributed by atoms with E-state index in [4.69, 9.17) is 0 Å². The number of halogens is 1. The summed E-state index contributed by atoms with van der Waals surface area (Å²) < 4.78 is 24.9. The Balaban J connectivity index is 2.78. The second kappa shape index (κ2) is 6.25. The molecule has 0 aliphatic rings. The topological polar surface area (TPSA) is 75.3 Å². The van der Waals surface area contributed by atoms with Gasteiger partial charge in [-0.05, 0) is 25.1 Å². The van der Waals surface area contributed by atoms with Crippen LogP contribution in [0, 0.1) is 5.82 Å². The second-order valence-corrected chi connectivity index (χ2v) is 5.24. The van der Waals surface area contributed by atoms with E-state index in [0.717, 1.165) is 6.07 Å². The summed E-state index contributed by atoms with van der Waals surface area (Å²) in [5, 5.41) is 3.27. The highest BCUT2D eigenvalue weighted by molar-refractivity contribution is 7.86. The van der Waals surface area contributed by atoms with Gasteiger partial charge in [-0.25, -0.2) is 9.18 Å². The van der Waals surface area contributed by atoms with Crippen molar-refractivity contribution in [3.63, 3.8) is 0 Å². The number of imide groups is 1. The lowest BCUT2D eigenvalue weighted by atomic mass is 10.3. The fourth-order valence-corrected chi connectivity index (χ4v) is 2.27. The first-order valence-electron chi connectivity index (χ1n) is 5.14. The standard InChI is InChI=1S/C11H13FN2O3S/c1-7(10(15)14-11(16)13-2)18(17)9-5-3-4-8(12)6-9/h3-7H,1-2H3,(H2,13,14,15,16). The molecule has 2 N–H and O–H groups in total. The minimum absolute atomic E-state index is 0.203. The first-order valence-corrected chi connectivity index (χ1v) is 6.35. The molecule has 2 unspecified atom stereocenters. The molecule has 0 fully saturated rings. The molecule has 0 spiro atoms. The summed E-state index contributed by atoms with van der Waals surface area (Å²) in [4.78, 5) is 22.7. The summed E-state index contributed by atoms with van der Waals surface area (Å²) in [6.45, 7) is 1.40. The van der Waals surface area contributed by atoms with E-state index in [0.29, 0.717) is 0 Å².